The molecule has 1 fully saturated rings. The number of nitrogens with zero attached hydrogens (tertiary/aromatic N) is 2. The number of carbonyl (C=O) groups excluding carboxylic acids is 1. The van der Waals surface area contributed by atoms with Gasteiger partial charge in [0.1, 0.15) is 0 Å². The summed E-state index contributed by atoms with van der Waals surface area (Å²) in [7, 11) is 0. The summed E-state index contributed by atoms with van der Waals surface area (Å²) in [6, 6.07) is 13.7. The molecule has 0 radical (unpaired) electrons. The Bertz CT molecular complexity index is 721. The molecule has 0 aliphatic carbocycles. The number of benzene rings is 2. The van der Waals surface area contributed by atoms with Crippen molar-refractivity contribution in [1.29, 1.82) is 0 Å². The number of rotatable bonds is 3. The van der Waals surface area contributed by atoms with E-state index < -0.39 is 0 Å². The molecule has 132 valence electrons. The number of hydrogen-bond acceptors (Lipinski definition) is 2. The van der Waals surface area contributed by atoms with Crippen LogP contribution in [0.1, 0.15) is 11.1 Å². The lowest BCUT2D eigenvalue weighted by Crippen LogP contribution is -2.51. The molecule has 0 bridgehead atoms. The van der Waals surface area contributed by atoms with E-state index in [2.05, 4.69) is 29.3 Å². The first-order valence-electron chi connectivity index (χ1n) is 8.30. The molecule has 2 amide bonds. The third-order valence-electron chi connectivity index (χ3n) is 4.34. The predicted octanol–water partition coefficient (Wildman–Crippen LogP) is 4.33. The molecule has 0 saturated carbocycles. The maximum atomic E-state index is 12.3. The van der Waals surface area contributed by atoms with Gasteiger partial charge in [0.15, 0.2) is 0 Å². The van der Waals surface area contributed by atoms with Crippen molar-refractivity contribution in [3.8, 4) is 0 Å². The van der Waals surface area contributed by atoms with Crippen molar-refractivity contribution < 1.29 is 4.79 Å². The standard InChI is InChI=1S/C19H21Cl2N3O/c1-14-2-4-15(5-3-14)13-22-19(25)24-8-6-23(7-9-24)18-11-16(20)10-17(21)12-18/h2-5,10-12H,6-9,13H2,1H3,(H,22,25). The van der Waals surface area contributed by atoms with E-state index in [9.17, 15) is 4.79 Å². The second-order valence-corrected chi connectivity index (χ2v) is 7.12. The molecule has 6 heteroatoms. The lowest BCUT2D eigenvalue weighted by Gasteiger charge is -2.36. The van der Waals surface area contributed by atoms with Gasteiger partial charge in [0, 0.05) is 48.5 Å². The van der Waals surface area contributed by atoms with Crippen LogP contribution >= 0.6 is 23.2 Å². The molecule has 1 heterocycles. The quantitative estimate of drug-likeness (QED) is 0.863. The van der Waals surface area contributed by atoms with Gasteiger partial charge >= 0.3 is 6.03 Å². The number of aryl methyl sites for hydroxylation is 1. The predicted molar refractivity (Wildman–Crippen MR) is 104 cm³/mol. The third kappa shape index (κ3) is 4.80. The van der Waals surface area contributed by atoms with Crippen molar-refractivity contribution in [2.24, 2.45) is 0 Å². The number of halogens is 2. The van der Waals surface area contributed by atoms with Crippen LogP contribution in [-0.4, -0.2) is 37.1 Å². The van der Waals surface area contributed by atoms with Crippen LogP contribution in [0.2, 0.25) is 10.0 Å². The second-order valence-electron chi connectivity index (χ2n) is 6.25. The van der Waals surface area contributed by atoms with E-state index in [1.165, 1.54) is 5.56 Å². The van der Waals surface area contributed by atoms with Crippen LogP contribution < -0.4 is 10.2 Å². The minimum atomic E-state index is -0.0237. The Morgan fingerprint density at radius 1 is 1.00 bits per heavy atom. The summed E-state index contributed by atoms with van der Waals surface area (Å²) in [5.41, 5.74) is 3.32. The molecule has 0 aromatic heterocycles. The lowest BCUT2D eigenvalue weighted by molar-refractivity contribution is 0.194. The lowest BCUT2D eigenvalue weighted by atomic mass is 10.1. The van der Waals surface area contributed by atoms with Crippen LogP contribution in [0.4, 0.5) is 10.5 Å². The normalized spacial score (nSPS) is 14.5. The van der Waals surface area contributed by atoms with E-state index in [1.807, 2.05) is 29.2 Å². The Kier molecular flexibility index (Phi) is 5.71. The molecule has 3 rings (SSSR count). The summed E-state index contributed by atoms with van der Waals surface area (Å²) >= 11 is 12.1. The third-order valence-corrected chi connectivity index (χ3v) is 4.78. The Balaban J connectivity index is 1.51. The minimum absolute atomic E-state index is 0.0237. The number of amides is 2. The zero-order valence-corrected chi connectivity index (χ0v) is 15.6. The van der Waals surface area contributed by atoms with Crippen molar-refractivity contribution in [3.63, 3.8) is 0 Å². The number of nitrogens with one attached hydrogen (secondary N) is 1. The molecule has 1 saturated heterocycles. The second kappa shape index (κ2) is 7.98. The summed E-state index contributed by atoms with van der Waals surface area (Å²) in [5.74, 6) is 0. The molecule has 25 heavy (non-hydrogen) atoms. The summed E-state index contributed by atoms with van der Waals surface area (Å²) < 4.78 is 0. The van der Waals surface area contributed by atoms with Gasteiger partial charge in [-0.25, -0.2) is 4.79 Å². The van der Waals surface area contributed by atoms with Crippen molar-refractivity contribution in [2.75, 3.05) is 31.1 Å². The van der Waals surface area contributed by atoms with Crippen molar-refractivity contribution >= 4 is 34.9 Å². The fourth-order valence-corrected chi connectivity index (χ4v) is 3.40. The SMILES string of the molecule is Cc1ccc(CNC(=O)N2CCN(c3cc(Cl)cc(Cl)c3)CC2)cc1. The summed E-state index contributed by atoms with van der Waals surface area (Å²) in [5, 5.41) is 4.24. The van der Waals surface area contributed by atoms with Gasteiger partial charge in [0.2, 0.25) is 0 Å². The van der Waals surface area contributed by atoms with Crippen LogP contribution in [0.5, 0.6) is 0 Å². The van der Waals surface area contributed by atoms with Gasteiger partial charge < -0.3 is 15.1 Å². The number of carbonyl (C=O) groups is 1. The van der Waals surface area contributed by atoms with Crippen molar-refractivity contribution in [3.05, 3.63) is 63.6 Å². The Morgan fingerprint density at radius 2 is 1.60 bits per heavy atom. The van der Waals surface area contributed by atoms with Gasteiger partial charge in [-0.1, -0.05) is 53.0 Å². The molecule has 4 nitrogen and oxygen atoms in total. The van der Waals surface area contributed by atoms with Crippen LogP contribution in [0, 0.1) is 6.92 Å². The largest absolute Gasteiger partial charge is 0.368 e. The van der Waals surface area contributed by atoms with E-state index in [1.54, 1.807) is 6.07 Å². The molecule has 1 aliphatic rings. The maximum Gasteiger partial charge on any atom is 0.317 e. The minimum Gasteiger partial charge on any atom is -0.368 e. The van der Waals surface area contributed by atoms with Gasteiger partial charge in [-0.3, -0.25) is 0 Å². The fourth-order valence-electron chi connectivity index (χ4n) is 2.88. The molecule has 2 aromatic carbocycles. The Labute approximate surface area is 158 Å². The highest BCUT2D eigenvalue weighted by Crippen LogP contribution is 2.26. The number of hydrogen-bond donors (Lipinski definition) is 1. The van der Waals surface area contributed by atoms with E-state index >= 15 is 0 Å². The van der Waals surface area contributed by atoms with Crippen LogP contribution in [0.3, 0.4) is 0 Å². The van der Waals surface area contributed by atoms with Crippen molar-refractivity contribution in [1.82, 2.24) is 10.2 Å². The highest BCUT2D eigenvalue weighted by Gasteiger charge is 2.21. The average molecular weight is 378 g/mol. The number of urea groups is 1. The molecule has 0 spiro atoms. The summed E-state index contributed by atoms with van der Waals surface area (Å²) in [6.45, 7) is 5.45. The molecule has 1 N–H and O–H groups in total. The van der Waals surface area contributed by atoms with E-state index in [0.29, 0.717) is 29.7 Å². The van der Waals surface area contributed by atoms with E-state index in [-0.39, 0.29) is 6.03 Å². The molecule has 2 aromatic rings. The van der Waals surface area contributed by atoms with Gasteiger partial charge in [-0.05, 0) is 30.7 Å². The first-order chi connectivity index (χ1) is 12.0. The van der Waals surface area contributed by atoms with Gasteiger partial charge in [-0.15, -0.1) is 0 Å². The monoisotopic (exact) mass is 377 g/mol. The molecular formula is C19H21Cl2N3O. The van der Waals surface area contributed by atoms with Gasteiger partial charge in [-0.2, -0.15) is 0 Å². The molecule has 0 unspecified atom stereocenters. The number of piperazine rings is 1. The highest BCUT2D eigenvalue weighted by molar-refractivity contribution is 6.35. The first kappa shape index (κ1) is 17.9. The fraction of sp³-hybridized carbons (Fsp3) is 0.316. The van der Waals surface area contributed by atoms with Crippen LogP contribution in [0.15, 0.2) is 42.5 Å². The zero-order chi connectivity index (χ0) is 17.8. The van der Waals surface area contributed by atoms with Crippen LogP contribution in [-0.2, 0) is 6.54 Å². The van der Waals surface area contributed by atoms with E-state index in [4.69, 9.17) is 23.2 Å². The topological polar surface area (TPSA) is 35.6 Å². The average Bonchev–Trinajstić information content (AvgIpc) is 2.60. The zero-order valence-electron chi connectivity index (χ0n) is 14.1. The highest BCUT2D eigenvalue weighted by atomic mass is 35.5. The first-order valence-corrected chi connectivity index (χ1v) is 9.06. The molecular weight excluding hydrogens is 357 g/mol. The molecule has 0 atom stereocenters. The summed E-state index contributed by atoms with van der Waals surface area (Å²) in [6.07, 6.45) is 0. The van der Waals surface area contributed by atoms with Gasteiger partial charge in [0.25, 0.3) is 0 Å². The van der Waals surface area contributed by atoms with Crippen LogP contribution in [0.25, 0.3) is 0 Å². The Morgan fingerprint density at radius 3 is 2.20 bits per heavy atom. The number of anilines is 1. The smallest absolute Gasteiger partial charge is 0.317 e. The summed E-state index contributed by atoms with van der Waals surface area (Å²) in [4.78, 5) is 16.4. The van der Waals surface area contributed by atoms with Gasteiger partial charge in [0.05, 0.1) is 0 Å². The molecule has 1 aliphatic heterocycles. The van der Waals surface area contributed by atoms with E-state index in [0.717, 1.165) is 24.3 Å². The Hall–Kier alpha value is -1.91. The van der Waals surface area contributed by atoms with Crippen molar-refractivity contribution in [2.45, 2.75) is 13.5 Å². The maximum absolute atomic E-state index is 12.3.